The van der Waals surface area contributed by atoms with Crippen molar-refractivity contribution in [3.05, 3.63) is 63.4 Å². The molecule has 0 radical (unpaired) electrons. The van der Waals surface area contributed by atoms with Gasteiger partial charge in [-0.15, -0.1) is 0 Å². The Balaban J connectivity index is 1.95. The smallest absolute Gasteiger partial charge is 0.400 e. The second-order valence-electron chi connectivity index (χ2n) is 4.18. The number of carbonyl (C=O) groups excluding carboxylic acids is 1. The van der Waals surface area contributed by atoms with Crippen LogP contribution in [0.2, 0.25) is 0 Å². The molecule has 0 saturated carbocycles. The molecule has 0 bridgehead atoms. The van der Waals surface area contributed by atoms with Crippen molar-refractivity contribution in [3.8, 4) is 0 Å². The lowest BCUT2D eigenvalue weighted by Gasteiger charge is -2.00. The van der Waals surface area contributed by atoms with E-state index in [0.717, 1.165) is 12.0 Å². The fourth-order valence-corrected chi connectivity index (χ4v) is 1.62. The number of carbonyl (C=O) groups is 1. The second kappa shape index (κ2) is 6.47. The molecule has 0 saturated heterocycles. The highest BCUT2D eigenvalue weighted by atomic mass is 16.6. The molecule has 2 rings (SSSR count). The zero-order chi connectivity index (χ0) is 15.2. The average molecular weight is 287 g/mol. The first kappa shape index (κ1) is 14.4. The monoisotopic (exact) mass is 287 g/mol. The molecule has 7 heteroatoms. The van der Waals surface area contributed by atoms with Gasteiger partial charge in [-0.1, -0.05) is 19.1 Å². The molecule has 0 unspecified atom stereocenters. The molecule has 7 nitrogen and oxygen atoms in total. The van der Waals surface area contributed by atoms with E-state index in [2.05, 4.69) is 10.5 Å². The molecule has 0 aliphatic carbocycles. The number of aryl methyl sites for hydroxylation is 1. The summed E-state index contributed by atoms with van der Waals surface area (Å²) in [5, 5.41) is 14.1. The Labute approximate surface area is 120 Å². The van der Waals surface area contributed by atoms with Crippen LogP contribution in [0.25, 0.3) is 0 Å². The maximum Gasteiger partial charge on any atom is 0.433 e. The van der Waals surface area contributed by atoms with E-state index < -0.39 is 4.92 Å². The highest BCUT2D eigenvalue weighted by Crippen LogP contribution is 2.13. The predicted molar refractivity (Wildman–Crippen MR) is 76.2 cm³/mol. The fourth-order valence-electron chi connectivity index (χ4n) is 1.62. The number of nitrogens with zero attached hydrogens (tertiary/aromatic N) is 2. The molecule has 108 valence electrons. The van der Waals surface area contributed by atoms with Crippen molar-refractivity contribution >= 4 is 18.0 Å². The molecular formula is C14H13N3O4. The first-order valence-corrected chi connectivity index (χ1v) is 6.26. The standard InChI is InChI=1S/C14H13N3O4/c1-2-10-3-5-11(6-4-10)14(18)16-15-9-12-7-8-13(21-12)17(19)20/h3-9H,2H2,1H3,(H,16,18)/b15-9-. The van der Waals surface area contributed by atoms with E-state index in [9.17, 15) is 14.9 Å². The lowest BCUT2D eigenvalue weighted by molar-refractivity contribution is -0.402. The number of nitrogens with one attached hydrogen (secondary N) is 1. The van der Waals surface area contributed by atoms with Gasteiger partial charge >= 0.3 is 5.88 Å². The molecule has 0 fully saturated rings. The quantitative estimate of drug-likeness (QED) is 0.519. The van der Waals surface area contributed by atoms with E-state index in [1.165, 1.54) is 18.3 Å². The molecule has 1 amide bonds. The first-order chi connectivity index (χ1) is 10.1. The van der Waals surface area contributed by atoms with Gasteiger partial charge in [0.2, 0.25) is 0 Å². The number of benzene rings is 1. The summed E-state index contributed by atoms with van der Waals surface area (Å²) < 4.78 is 4.86. The van der Waals surface area contributed by atoms with Gasteiger partial charge in [0.1, 0.15) is 4.92 Å². The van der Waals surface area contributed by atoms with Gasteiger partial charge in [-0.25, -0.2) is 5.43 Å². The lowest BCUT2D eigenvalue weighted by Crippen LogP contribution is -2.17. The summed E-state index contributed by atoms with van der Waals surface area (Å²) in [5.41, 5.74) is 3.94. The van der Waals surface area contributed by atoms with E-state index >= 15 is 0 Å². The molecule has 1 aromatic heterocycles. The summed E-state index contributed by atoms with van der Waals surface area (Å²) in [6, 6.07) is 9.77. The largest absolute Gasteiger partial charge is 0.433 e. The number of hydrazone groups is 1. The molecule has 2 aromatic rings. The van der Waals surface area contributed by atoms with Gasteiger partial charge in [-0.05, 0) is 30.2 Å². The van der Waals surface area contributed by atoms with Crippen LogP contribution in [0.1, 0.15) is 28.6 Å². The third kappa shape index (κ3) is 3.75. The summed E-state index contributed by atoms with van der Waals surface area (Å²) in [5.74, 6) is -0.559. The molecular weight excluding hydrogens is 274 g/mol. The van der Waals surface area contributed by atoms with Crippen molar-refractivity contribution in [2.24, 2.45) is 5.10 Å². The molecule has 1 heterocycles. The Kier molecular flexibility index (Phi) is 4.45. The number of hydrogen-bond donors (Lipinski definition) is 1. The van der Waals surface area contributed by atoms with Gasteiger partial charge in [0, 0.05) is 5.56 Å². The van der Waals surface area contributed by atoms with Crippen molar-refractivity contribution < 1.29 is 14.1 Å². The molecule has 0 spiro atoms. The van der Waals surface area contributed by atoms with Crippen LogP contribution >= 0.6 is 0 Å². The number of nitro groups is 1. The van der Waals surface area contributed by atoms with Crippen LogP contribution in [0, 0.1) is 10.1 Å². The minimum atomic E-state index is -0.648. The Morgan fingerprint density at radius 2 is 2.05 bits per heavy atom. The second-order valence-corrected chi connectivity index (χ2v) is 4.18. The van der Waals surface area contributed by atoms with Crippen molar-refractivity contribution in [1.82, 2.24) is 5.43 Å². The Bertz CT molecular complexity index is 674. The van der Waals surface area contributed by atoms with Crippen molar-refractivity contribution in [1.29, 1.82) is 0 Å². The van der Waals surface area contributed by atoms with Gasteiger partial charge in [-0.3, -0.25) is 14.9 Å². The number of rotatable bonds is 5. The van der Waals surface area contributed by atoms with E-state index in [1.54, 1.807) is 12.1 Å². The van der Waals surface area contributed by atoms with Crippen LogP contribution in [-0.2, 0) is 6.42 Å². The SMILES string of the molecule is CCc1ccc(C(=O)N/N=C\c2ccc([N+](=O)[O-])o2)cc1. The van der Waals surface area contributed by atoms with Crippen LogP contribution < -0.4 is 5.43 Å². The highest BCUT2D eigenvalue weighted by Gasteiger charge is 2.10. The molecule has 0 atom stereocenters. The van der Waals surface area contributed by atoms with E-state index in [0.29, 0.717) is 5.56 Å². The van der Waals surface area contributed by atoms with Gasteiger partial charge < -0.3 is 4.42 Å². The zero-order valence-corrected chi connectivity index (χ0v) is 11.3. The third-order valence-corrected chi connectivity index (χ3v) is 2.77. The third-order valence-electron chi connectivity index (χ3n) is 2.77. The molecule has 0 aliphatic rings. The van der Waals surface area contributed by atoms with Crippen LogP contribution in [-0.4, -0.2) is 17.0 Å². The minimum absolute atomic E-state index is 0.184. The normalized spacial score (nSPS) is 10.7. The van der Waals surface area contributed by atoms with Gasteiger partial charge in [0.05, 0.1) is 12.3 Å². The van der Waals surface area contributed by atoms with Gasteiger partial charge in [0.25, 0.3) is 5.91 Å². The van der Waals surface area contributed by atoms with Gasteiger partial charge in [-0.2, -0.15) is 5.10 Å². The topological polar surface area (TPSA) is 97.7 Å². The van der Waals surface area contributed by atoms with Gasteiger partial charge in [0.15, 0.2) is 5.76 Å². The van der Waals surface area contributed by atoms with E-state index in [-0.39, 0.29) is 17.6 Å². The van der Waals surface area contributed by atoms with Crippen LogP contribution in [0.3, 0.4) is 0 Å². The number of hydrogen-bond acceptors (Lipinski definition) is 5. The number of furan rings is 1. The predicted octanol–water partition coefficient (Wildman–Crippen LogP) is 2.51. The summed E-state index contributed by atoms with van der Waals surface area (Å²) in [7, 11) is 0. The Morgan fingerprint density at radius 3 is 2.62 bits per heavy atom. The maximum atomic E-state index is 11.8. The molecule has 1 aromatic carbocycles. The summed E-state index contributed by atoms with van der Waals surface area (Å²) in [6.45, 7) is 2.03. The number of amides is 1. The van der Waals surface area contributed by atoms with Crippen LogP contribution in [0.15, 0.2) is 45.9 Å². The summed E-state index contributed by atoms with van der Waals surface area (Å²) in [6.07, 6.45) is 2.10. The van der Waals surface area contributed by atoms with E-state index in [4.69, 9.17) is 4.42 Å². The summed E-state index contributed by atoms with van der Waals surface area (Å²) >= 11 is 0. The van der Waals surface area contributed by atoms with Crippen molar-refractivity contribution in [2.75, 3.05) is 0 Å². The maximum absolute atomic E-state index is 11.8. The highest BCUT2D eigenvalue weighted by molar-refractivity contribution is 5.94. The minimum Gasteiger partial charge on any atom is -0.400 e. The average Bonchev–Trinajstić information content (AvgIpc) is 2.96. The van der Waals surface area contributed by atoms with Crippen LogP contribution in [0.4, 0.5) is 5.88 Å². The summed E-state index contributed by atoms with van der Waals surface area (Å²) in [4.78, 5) is 21.6. The lowest BCUT2D eigenvalue weighted by atomic mass is 10.1. The molecule has 21 heavy (non-hydrogen) atoms. The molecule has 1 N–H and O–H groups in total. The van der Waals surface area contributed by atoms with Crippen molar-refractivity contribution in [3.63, 3.8) is 0 Å². The van der Waals surface area contributed by atoms with E-state index in [1.807, 2.05) is 19.1 Å². The van der Waals surface area contributed by atoms with Crippen molar-refractivity contribution in [2.45, 2.75) is 13.3 Å². The Hall–Kier alpha value is -2.96. The molecule has 0 aliphatic heterocycles. The fraction of sp³-hybridized carbons (Fsp3) is 0.143. The zero-order valence-electron chi connectivity index (χ0n) is 11.3. The van der Waals surface area contributed by atoms with Crippen LogP contribution in [0.5, 0.6) is 0 Å². The Morgan fingerprint density at radius 1 is 1.33 bits per heavy atom. The first-order valence-electron chi connectivity index (χ1n) is 6.26.